The van der Waals surface area contributed by atoms with Crippen molar-refractivity contribution in [3.63, 3.8) is 0 Å². The smallest absolute Gasteiger partial charge is 0.188 e. The van der Waals surface area contributed by atoms with Gasteiger partial charge in [-0.3, -0.25) is 4.90 Å². The molecule has 1 saturated heterocycles. The second-order valence-corrected chi connectivity index (χ2v) is 7.20. The number of nitrogens with zero attached hydrogens (tertiary/aromatic N) is 2. The third kappa shape index (κ3) is 4.35. The van der Waals surface area contributed by atoms with Gasteiger partial charge >= 0.3 is 0 Å². The summed E-state index contributed by atoms with van der Waals surface area (Å²) in [6.07, 6.45) is 4.22. The molecule has 146 valence electrons. The third-order valence-electron chi connectivity index (χ3n) is 5.09. The van der Waals surface area contributed by atoms with E-state index >= 15 is 0 Å². The molecule has 1 fully saturated rings. The minimum Gasteiger partial charge on any atom is -0.619 e. The van der Waals surface area contributed by atoms with Crippen molar-refractivity contribution in [2.24, 2.45) is 0 Å². The number of rotatable bonds is 7. The van der Waals surface area contributed by atoms with Crippen molar-refractivity contribution in [2.45, 2.75) is 19.0 Å². The van der Waals surface area contributed by atoms with E-state index in [2.05, 4.69) is 22.3 Å². The van der Waals surface area contributed by atoms with Crippen molar-refractivity contribution in [3.05, 3.63) is 71.7 Å². The van der Waals surface area contributed by atoms with Gasteiger partial charge in [0.25, 0.3) is 0 Å². The van der Waals surface area contributed by atoms with Crippen LogP contribution >= 0.6 is 0 Å². The molecule has 2 heterocycles. The molecule has 1 aliphatic rings. The zero-order valence-electron chi connectivity index (χ0n) is 15.8. The molecule has 0 aliphatic carbocycles. The van der Waals surface area contributed by atoms with E-state index in [-0.39, 0.29) is 6.61 Å². The fourth-order valence-electron chi connectivity index (χ4n) is 3.80. The largest absolute Gasteiger partial charge is 0.619 e. The maximum absolute atomic E-state index is 11.5. The molecule has 0 spiro atoms. The Labute approximate surface area is 164 Å². The molecule has 0 radical (unpaired) electrons. The fraction of sp³-hybridized carbons (Fsp3) is 0.318. The third-order valence-corrected chi connectivity index (χ3v) is 5.09. The quantitative estimate of drug-likeness (QED) is 0.488. The van der Waals surface area contributed by atoms with Crippen LogP contribution in [0.4, 0.5) is 5.69 Å². The lowest BCUT2D eigenvalue weighted by Crippen LogP contribution is -2.26. The minimum absolute atomic E-state index is 0.0205. The number of anilines is 1. The number of hydrogen-bond donors (Lipinski definition) is 2. The number of aliphatic hydroxyl groups is 1. The first-order valence-corrected chi connectivity index (χ1v) is 9.64. The lowest BCUT2D eigenvalue weighted by molar-refractivity contribution is -0.603. The summed E-state index contributed by atoms with van der Waals surface area (Å²) < 4.78 is 6.34. The number of pyridine rings is 1. The van der Waals surface area contributed by atoms with Crippen LogP contribution in [0.2, 0.25) is 0 Å². The molecule has 0 amide bonds. The maximum atomic E-state index is 11.5. The van der Waals surface area contributed by atoms with E-state index in [0.29, 0.717) is 12.6 Å². The molecule has 3 aromatic rings. The number of likely N-dealkylation sites (tertiary alicyclic amines) is 1. The highest BCUT2D eigenvalue weighted by atomic mass is 16.5. The van der Waals surface area contributed by atoms with Crippen molar-refractivity contribution in [1.29, 1.82) is 0 Å². The Morgan fingerprint density at radius 2 is 2.11 bits per heavy atom. The van der Waals surface area contributed by atoms with Gasteiger partial charge in [0.05, 0.1) is 6.61 Å². The highest BCUT2D eigenvalue weighted by Gasteiger charge is 2.23. The number of fused-ring (bicyclic) bond motifs is 1. The summed E-state index contributed by atoms with van der Waals surface area (Å²) in [6.45, 7) is 3.21. The van der Waals surface area contributed by atoms with Gasteiger partial charge in [0, 0.05) is 48.2 Å². The van der Waals surface area contributed by atoms with Crippen molar-refractivity contribution in [1.82, 2.24) is 4.90 Å². The van der Waals surface area contributed by atoms with E-state index in [9.17, 15) is 5.21 Å². The highest BCUT2D eigenvalue weighted by Crippen LogP contribution is 2.25. The Kier molecular flexibility index (Phi) is 5.60. The summed E-state index contributed by atoms with van der Waals surface area (Å²) in [5.74, 6) is 0.798. The minimum atomic E-state index is 0.0205. The Morgan fingerprint density at radius 3 is 3.00 bits per heavy atom. The number of nitrogens with one attached hydrogen (secondary N) is 1. The summed E-state index contributed by atoms with van der Waals surface area (Å²) in [6, 6.07) is 16.3. The number of benzene rings is 2. The molecular formula is C22H25N3O3. The van der Waals surface area contributed by atoms with Crippen molar-refractivity contribution in [2.75, 3.05) is 31.6 Å². The summed E-state index contributed by atoms with van der Waals surface area (Å²) in [5.41, 5.74) is 2.28. The Bertz CT molecular complexity index is 947. The normalized spacial score (nSPS) is 17.1. The molecule has 2 aromatic carbocycles. The molecule has 2 N–H and O–H groups in total. The molecule has 1 atom stereocenters. The molecule has 1 aromatic heterocycles. The van der Waals surface area contributed by atoms with E-state index in [0.717, 1.165) is 53.0 Å². The maximum Gasteiger partial charge on any atom is 0.188 e. The van der Waals surface area contributed by atoms with E-state index in [1.807, 2.05) is 36.4 Å². The molecule has 6 heteroatoms. The summed E-state index contributed by atoms with van der Waals surface area (Å²) in [4.78, 5) is 2.43. The van der Waals surface area contributed by atoms with Crippen LogP contribution in [-0.2, 0) is 6.54 Å². The predicted molar refractivity (Wildman–Crippen MR) is 109 cm³/mol. The van der Waals surface area contributed by atoms with Crippen LogP contribution in [0.3, 0.4) is 0 Å². The van der Waals surface area contributed by atoms with E-state index in [1.165, 1.54) is 5.56 Å². The molecule has 0 unspecified atom stereocenters. The molecule has 1 aliphatic heterocycles. The zero-order chi connectivity index (χ0) is 19.3. The highest BCUT2D eigenvalue weighted by molar-refractivity contribution is 5.92. The molecule has 0 bridgehead atoms. The first-order valence-electron chi connectivity index (χ1n) is 9.64. The SMILES string of the molecule is [O-][n+]1ccc2c(N[C@@H]3CCN(Cc4cccc(OCCO)c4)C3)cccc2c1. The molecule has 28 heavy (non-hydrogen) atoms. The van der Waals surface area contributed by atoms with Gasteiger partial charge in [-0.25, -0.2) is 0 Å². The number of hydrogen-bond acceptors (Lipinski definition) is 5. The molecular weight excluding hydrogens is 354 g/mol. The van der Waals surface area contributed by atoms with Gasteiger partial charge in [-0.2, -0.15) is 4.73 Å². The number of aliphatic hydroxyl groups excluding tert-OH is 1. The second kappa shape index (κ2) is 8.46. The lowest BCUT2D eigenvalue weighted by atomic mass is 10.1. The van der Waals surface area contributed by atoms with Gasteiger partial charge in [-0.15, -0.1) is 0 Å². The zero-order valence-corrected chi connectivity index (χ0v) is 15.8. The van der Waals surface area contributed by atoms with Crippen LogP contribution in [0.5, 0.6) is 5.75 Å². The first-order chi connectivity index (χ1) is 13.7. The average Bonchev–Trinajstić information content (AvgIpc) is 3.13. The van der Waals surface area contributed by atoms with Crippen molar-refractivity contribution >= 4 is 16.5 Å². The van der Waals surface area contributed by atoms with Crippen LogP contribution in [0.25, 0.3) is 10.8 Å². The average molecular weight is 379 g/mol. The number of aromatic nitrogens is 1. The van der Waals surface area contributed by atoms with Gasteiger partial charge in [-0.05, 0) is 36.2 Å². The predicted octanol–water partition coefficient (Wildman–Crippen LogP) is 2.53. The number of ether oxygens (including phenoxy) is 1. The van der Waals surface area contributed by atoms with Gasteiger partial charge in [0.2, 0.25) is 0 Å². The van der Waals surface area contributed by atoms with Gasteiger partial charge in [0.15, 0.2) is 12.4 Å². The van der Waals surface area contributed by atoms with Gasteiger partial charge in [0.1, 0.15) is 12.4 Å². The summed E-state index contributed by atoms with van der Waals surface area (Å²) in [7, 11) is 0. The Balaban J connectivity index is 1.39. The Morgan fingerprint density at radius 1 is 1.21 bits per heavy atom. The monoisotopic (exact) mass is 379 g/mol. The van der Waals surface area contributed by atoms with Crippen LogP contribution < -0.4 is 14.8 Å². The first kappa shape index (κ1) is 18.5. The van der Waals surface area contributed by atoms with Crippen LogP contribution in [-0.4, -0.2) is 42.4 Å². The van der Waals surface area contributed by atoms with E-state index < -0.39 is 0 Å². The van der Waals surface area contributed by atoms with Crippen molar-refractivity contribution < 1.29 is 14.6 Å². The van der Waals surface area contributed by atoms with E-state index in [1.54, 1.807) is 12.4 Å². The fourth-order valence-corrected chi connectivity index (χ4v) is 3.80. The van der Waals surface area contributed by atoms with Gasteiger partial charge < -0.3 is 20.4 Å². The topological polar surface area (TPSA) is 71.7 Å². The molecule has 6 nitrogen and oxygen atoms in total. The van der Waals surface area contributed by atoms with E-state index in [4.69, 9.17) is 9.84 Å². The molecule has 4 rings (SSSR count). The summed E-state index contributed by atoms with van der Waals surface area (Å²) in [5, 5.41) is 26.1. The standard InChI is InChI=1S/C22H25N3O3/c26-11-12-28-20-5-1-3-17(13-20)14-24-9-7-19(16-24)23-22-6-2-4-18-15-25(27)10-8-21(18)22/h1-6,8,10,13,15,19,23,26H,7,9,11-12,14,16H2/t19-/m1/s1. The van der Waals surface area contributed by atoms with Gasteiger partial charge in [-0.1, -0.05) is 18.2 Å². The lowest BCUT2D eigenvalue weighted by Gasteiger charge is -2.18. The van der Waals surface area contributed by atoms with Crippen LogP contribution in [0.15, 0.2) is 60.9 Å². The Hall–Kier alpha value is -2.83. The summed E-state index contributed by atoms with van der Waals surface area (Å²) >= 11 is 0. The van der Waals surface area contributed by atoms with Crippen molar-refractivity contribution in [3.8, 4) is 5.75 Å². The van der Waals surface area contributed by atoms with Crippen LogP contribution in [0.1, 0.15) is 12.0 Å². The second-order valence-electron chi connectivity index (χ2n) is 7.20. The molecule has 0 saturated carbocycles. The van der Waals surface area contributed by atoms with Crippen LogP contribution in [0, 0.1) is 5.21 Å².